The molecule has 0 aromatic heterocycles. The maximum Gasteiger partial charge on any atom is 0.305 e. The highest BCUT2D eigenvalue weighted by molar-refractivity contribution is 5.98. The number of aliphatic carboxylic acids is 1. The number of carbonyl (C=O) groups excluding carboxylic acids is 7. The fourth-order valence-electron chi connectivity index (χ4n) is 5.47. The first-order valence-electron chi connectivity index (χ1n) is 16.4. The zero-order chi connectivity index (χ0) is 38.2. The molecule has 282 valence electrons. The largest absolute Gasteiger partial charge is 0.481 e. The molecule has 0 spiro atoms. The van der Waals surface area contributed by atoms with Crippen LogP contribution in [-0.4, -0.2) is 131 Å². The molecule has 19 nitrogen and oxygen atoms in total. The van der Waals surface area contributed by atoms with Crippen LogP contribution < -0.4 is 38.1 Å². The summed E-state index contributed by atoms with van der Waals surface area (Å²) in [4.78, 5) is 103. The Labute approximate surface area is 294 Å². The summed E-state index contributed by atoms with van der Waals surface area (Å²) in [5.74, 6) is -8.52. The van der Waals surface area contributed by atoms with Gasteiger partial charge in [-0.2, -0.15) is 0 Å². The van der Waals surface area contributed by atoms with Crippen LogP contribution >= 0.6 is 0 Å². The van der Waals surface area contributed by atoms with Crippen LogP contribution in [0.25, 0.3) is 0 Å². The molecule has 1 heterocycles. The minimum atomic E-state index is -1.69. The molecular formula is C32H48N8O11. The molecule has 51 heavy (non-hydrogen) atoms. The number of nitrogens with one attached hydrogen (secondary N) is 5. The molecule has 6 unspecified atom stereocenters. The molecule has 19 heteroatoms. The number of carboxylic acid groups (broad SMARTS) is 1. The fourth-order valence-corrected chi connectivity index (χ4v) is 5.47. The number of aliphatic hydroxyl groups excluding tert-OH is 2. The summed E-state index contributed by atoms with van der Waals surface area (Å²) in [6, 6.07) is 1.34. The van der Waals surface area contributed by atoms with Crippen molar-refractivity contribution in [1.29, 1.82) is 0 Å². The Morgan fingerprint density at radius 1 is 0.882 bits per heavy atom. The van der Waals surface area contributed by atoms with Gasteiger partial charge in [0.25, 0.3) is 0 Å². The number of likely N-dealkylation sites (tertiary alicyclic amines) is 1. The Hall–Kier alpha value is -5.14. The second-order valence-electron chi connectivity index (χ2n) is 12.3. The van der Waals surface area contributed by atoms with Gasteiger partial charge in [-0.25, -0.2) is 0 Å². The van der Waals surface area contributed by atoms with E-state index in [1.807, 2.05) is 0 Å². The lowest BCUT2D eigenvalue weighted by Crippen LogP contribution is -2.60. The first kappa shape index (κ1) is 42.0. The smallest absolute Gasteiger partial charge is 0.305 e. The Balaban J connectivity index is 2.23. The third-order valence-electron chi connectivity index (χ3n) is 8.07. The predicted molar refractivity (Wildman–Crippen MR) is 179 cm³/mol. The highest BCUT2D eigenvalue weighted by Gasteiger charge is 2.45. The van der Waals surface area contributed by atoms with Crippen LogP contribution in [0.4, 0.5) is 0 Å². The molecular weight excluding hydrogens is 672 g/mol. The van der Waals surface area contributed by atoms with E-state index in [0.717, 1.165) is 4.90 Å². The van der Waals surface area contributed by atoms with Crippen LogP contribution in [0.1, 0.15) is 51.0 Å². The van der Waals surface area contributed by atoms with E-state index in [1.54, 1.807) is 44.2 Å². The summed E-state index contributed by atoms with van der Waals surface area (Å²) in [6.45, 7) is 1.91. The van der Waals surface area contributed by atoms with Gasteiger partial charge >= 0.3 is 5.97 Å². The summed E-state index contributed by atoms with van der Waals surface area (Å²) in [6.07, 6.45) is -0.841. The average Bonchev–Trinajstić information content (AvgIpc) is 3.53. The summed E-state index contributed by atoms with van der Waals surface area (Å²) < 4.78 is 0. The van der Waals surface area contributed by atoms with Crippen molar-refractivity contribution >= 4 is 47.3 Å². The molecule has 1 fully saturated rings. The first-order valence-corrected chi connectivity index (χ1v) is 16.4. The SMILES string of the molecule is CC(C)C(NC(=O)C(CO)NC(=O)C(CC(N)=O)NC(=O)C1C(c2ccccc2)CCN1C(=O)C(N)CC(=O)O)C(=O)NCC(=O)NCCCO. The highest BCUT2D eigenvalue weighted by Crippen LogP contribution is 2.34. The topological polar surface area (TPSA) is 313 Å². The van der Waals surface area contributed by atoms with Crippen LogP contribution in [0, 0.1) is 5.92 Å². The molecule has 7 amide bonds. The lowest BCUT2D eigenvalue weighted by Gasteiger charge is -2.31. The number of amides is 7. The highest BCUT2D eigenvalue weighted by atomic mass is 16.4. The average molecular weight is 721 g/mol. The minimum Gasteiger partial charge on any atom is -0.481 e. The van der Waals surface area contributed by atoms with Crippen molar-refractivity contribution in [3.05, 3.63) is 35.9 Å². The molecule has 12 N–H and O–H groups in total. The van der Waals surface area contributed by atoms with Gasteiger partial charge in [0.1, 0.15) is 24.2 Å². The standard InChI is InChI=1S/C32H48N8O11/c1-17(2)26(30(49)36-15-24(44)35-10-6-12-41)39-29(48)22(16-42)38-28(47)21(14-23(34)43)37-31(50)27-19(18-7-4-3-5-8-18)9-11-40(27)32(51)20(33)13-25(45)46/h3-5,7-8,17,19-22,26-27,41-42H,6,9-16,33H2,1-2H3,(H2,34,43)(H,35,44)(H,36,49)(H,37,50)(H,38,47)(H,39,48)(H,45,46). The van der Waals surface area contributed by atoms with Crippen LogP contribution in [-0.2, 0) is 38.4 Å². The second kappa shape index (κ2) is 20.5. The van der Waals surface area contributed by atoms with Crippen molar-refractivity contribution in [1.82, 2.24) is 31.5 Å². The number of hydrogen-bond acceptors (Lipinski definition) is 11. The summed E-state index contributed by atoms with van der Waals surface area (Å²) in [7, 11) is 0. The maximum atomic E-state index is 13.8. The third-order valence-corrected chi connectivity index (χ3v) is 8.07. The Kier molecular flexibility index (Phi) is 16.9. The van der Waals surface area contributed by atoms with E-state index in [2.05, 4.69) is 26.6 Å². The molecule has 1 aliphatic heterocycles. The van der Waals surface area contributed by atoms with Crippen LogP contribution in [0.5, 0.6) is 0 Å². The summed E-state index contributed by atoms with van der Waals surface area (Å²) >= 11 is 0. The Morgan fingerprint density at radius 2 is 1.53 bits per heavy atom. The number of aliphatic hydroxyl groups is 2. The van der Waals surface area contributed by atoms with Gasteiger partial charge in [-0.15, -0.1) is 0 Å². The maximum absolute atomic E-state index is 13.8. The van der Waals surface area contributed by atoms with Crippen molar-refractivity contribution in [3.8, 4) is 0 Å². The Morgan fingerprint density at radius 3 is 2.10 bits per heavy atom. The van der Waals surface area contributed by atoms with Crippen molar-refractivity contribution < 1.29 is 53.7 Å². The fraction of sp³-hybridized carbons (Fsp3) is 0.562. The van der Waals surface area contributed by atoms with E-state index in [1.165, 1.54) is 0 Å². The van der Waals surface area contributed by atoms with Crippen LogP contribution in [0.2, 0.25) is 0 Å². The predicted octanol–water partition coefficient (Wildman–Crippen LogP) is -4.23. The van der Waals surface area contributed by atoms with Gasteiger partial charge in [0, 0.05) is 25.6 Å². The number of carboxylic acids is 1. The van der Waals surface area contributed by atoms with Gasteiger partial charge in [-0.05, 0) is 24.3 Å². The van der Waals surface area contributed by atoms with E-state index >= 15 is 0 Å². The number of carbonyl (C=O) groups is 8. The van der Waals surface area contributed by atoms with E-state index in [0.29, 0.717) is 12.0 Å². The van der Waals surface area contributed by atoms with E-state index in [-0.39, 0.29) is 26.1 Å². The van der Waals surface area contributed by atoms with Gasteiger partial charge in [-0.1, -0.05) is 44.2 Å². The van der Waals surface area contributed by atoms with Gasteiger partial charge < -0.3 is 58.3 Å². The van der Waals surface area contributed by atoms with Crippen LogP contribution in [0.15, 0.2) is 30.3 Å². The molecule has 1 aromatic rings. The van der Waals surface area contributed by atoms with Crippen molar-refractivity contribution in [2.24, 2.45) is 17.4 Å². The Bertz CT molecular complexity index is 1410. The zero-order valence-electron chi connectivity index (χ0n) is 28.5. The van der Waals surface area contributed by atoms with Gasteiger partial charge in [0.05, 0.1) is 32.0 Å². The number of hydrogen-bond donors (Lipinski definition) is 10. The number of rotatable bonds is 20. The number of nitrogens with zero attached hydrogens (tertiary/aromatic N) is 1. The zero-order valence-corrected chi connectivity index (χ0v) is 28.5. The number of benzene rings is 1. The molecule has 1 aromatic carbocycles. The van der Waals surface area contributed by atoms with Gasteiger partial charge in [0.2, 0.25) is 41.4 Å². The quantitative estimate of drug-likeness (QED) is 0.0573. The molecule has 0 bridgehead atoms. The molecule has 6 atom stereocenters. The van der Waals surface area contributed by atoms with Gasteiger partial charge in [-0.3, -0.25) is 38.4 Å². The van der Waals surface area contributed by atoms with Crippen molar-refractivity contribution in [2.75, 3.05) is 32.8 Å². The van der Waals surface area contributed by atoms with E-state index in [9.17, 15) is 43.5 Å². The van der Waals surface area contributed by atoms with Crippen molar-refractivity contribution in [3.63, 3.8) is 0 Å². The van der Waals surface area contributed by atoms with E-state index in [4.69, 9.17) is 21.7 Å². The second-order valence-corrected chi connectivity index (χ2v) is 12.3. The first-order chi connectivity index (χ1) is 24.1. The molecule has 2 rings (SSSR count). The number of primary amides is 1. The summed E-state index contributed by atoms with van der Waals surface area (Å²) in [5, 5.41) is 39.9. The minimum absolute atomic E-state index is 0.0300. The lowest BCUT2D eigenvalue weighted by molar-refractivity contribution is -0.144. The molecule has 0 saturated carbocycles. The molecule has 1 saturated heterocycles. The van der Waals surface area contributed by atoms with Gasteiger partial charge in [0.15, 0.2) is 0 Å². The summed E-state index contributed by atoms with van der Waals surface area (Å²) in [5.41, 5.74) is 11.9. The van der Waals surface area contributed by atoms with E-state index < -0.39 is 115 Å². The monoisotopic (exact) mass is 720 g/mol. The lowest BCUT2D eigenvalue weighted by atomic mass is 9.90. The molecule has 1 aliphatic rings. The number of nitrogens with two attached hydrogens (primary N) is 2. The van der Waals surface area contributed by atoms with Crippen LogP contribution in [0.3, 0.4) is 0 Å². The molecule has 0 radical (unpaired) electrons. The molecule has 0 aliphatic carbocycles. The van der Waals surface area contributed by atoms with Crippen molar-refractivity contribution in [2.45, 2.75) is 75.7 Å². The normalized spacial score (nSPS) is 17.7. The third kappa shape index (κ3) is 12.9.